The molecule has 2 fully saturated rings. The third-order valence-corrected chi connectivity index (χ3v) is 6.65. The highest BCUT2D eigenvalue weighted by Gasteiger charge is 2.24. The number of benzene rings is 2. The Morgan fingerprint density at radius 2 is 1.76 bits per heavy atom. The first-order valence-electron chi connectivity index (χ1n) is 11.7. The Hall–Kier alpha value is -2.90. The zero-order valence-electron chi connectivity index (χ0n) is 18.7. The molecule has 2 aromatic carbocycles. The molecule has 0 spiro atoms. The Morgan fingerprint density at radius 1 is 1.03 bits per heavy atom. The highest BCUT2D eigenvalue weighted by molar-refractivity contribution is 5.64. The van der Waals surface area contributed by atoms with Crippen LogP contribution in [0.4, 0.5) is 4.39 Å². The van der Waals surface area contributed by atoms with Gasteiger partial charge in [0.25, 0.3) is 0 Å². The van der Waals surface area contributed by atoms with Crippen LogP contribution in [0.2, 0.25) is 0 Å². The van der Waals surface area contributed by atoms with Crippen molar-refractivity contribution in [1.82, 2.24) is 14.5 Å². The van der Waals surface area contributed by atoms with E-state index in [1.165, 1.54) is 16.8 Å². The van der Waals surface area contributed by atoms with E-state index in [9.17, 15) is 14.3 Å². The Bertz CT molecular complexity index is 1160. The molecule has 0 bridgehead atoms. The van der Waals surface area contributed by atoms with Crippen LogP contribution in [0.5, 0.6) is 5.88 Å². The van der Waals surface area contributed by atoms with Crippen LogP contribution in [0.3, 0.4) is 0 Å². The second-order valence-corrected chi connectivity index (χ2v) is 9.22. The number of nitrogens with one attached hydrogen (secondary N) is 1. The van der Waals surface area contributed by atoms with Crippen molar-refractivity contribution in [3.63, 3.8) is 0 Å². The van der Waals surface area contributed by atoms with E-state index in [1.807, 2.05) is 30.3 Å². The number of rotatable bonds is 8. The number of aromatic nitrogens is 2. The second-order valence-electron chi connectivity index (χ2n) is 9.22. The third kappa shape index (κ3) is 5.20. The van der Waals surface area contributed by atoms with Crippen molar-refractivity contribution in [2.75, 3.05) is 13.2 Å². The van der Waals surface area contributed by atoms with Gasteiger partial charge in [0.05, 0.1) is 12.7 Å². The second kappa shape index (κ2) is 9.53. The summed E-state index contributed by atoms with van der Waals surface area (Å²) in [5.74, 6) is 0.331. The molecule has 6 nitrogen and oxygen atoms in total. The number of halogens is 1. The Kier molecular flexibility index (Phi) is 6.33. The van der Waals surface area contributed by atoms with Gasteiger partial charge in [0.2, 0.25) is 5.88 Å². The lowest BCUT2D eigenvalue weighted by molar-refractivity contribution is 0.0775. The molecule has 0 unspecified atom stereocenters. The minimum Gasteiger partial charge on any atom is -0.493 e. The largest absolute Gasteiger partial charge is 0.493 e. The van der Waals surface area contributed by atoms with Gasteiger partial charge in [-0.2, -0.15) is 0 Å². The van der Waals surface area contributed by atoms with E-state index in [0.717, 1.165) is 55.6 Å². The maximum Gasteiger partial charge on any atom is 0.331 e. The summed E-state index contributed by atoms with van der Waals surface area (Å²) in [7, 11) is 0. The lowest BCUT2D eigenvalue weighted by atomic mass is 10.0. The number of hydrogen-bond acceptors (Lipinski definition) is 4. The van der Waals surface area contributed by atoms with Crippen LogP contribution < -0.4 is 11.0 Å². The van der Waals surface area contributed by atoms with Crippen LogP contribution in [0, 0.1) is 11.7 Å². The SMILES string of the molecule is O=c1n(Cc2ccc(-c3ccc(F)c(CNC4CCOCC4)c3)cc2)cc(O)n1CC1CC1. The van der Waals surface area contributed by atoms with Crippen LogP contribution in [0.15, 0.2) is 53.5 Å². The first kappa shape index (κ1) is 21.9. The fourth-order valence-electron chi connectivity index (χ4n) is 4.41. The van der Waals surface area contributed by atoms with Crippen molar-refractivity contribution in [2.45, 2.75) is 51.4 Å². The quantitative estimate of drug-likeness (QED) is 0.545. The molecule has 1 aliphatic heterocycles. The molecule has 1 aromatic heterocycles. The lowest BCUT2D eigenvalue weighted by Crippen LogP contribution is -2.34. The standard InChI is InChI=1S/C26H30FN3O3/c27-24-8-7-21(13-22(24)14-28-23-9-11-33-12-10-23)20-5-3-18(4-6-20)15-29-17-25(31)30(26(29)32)16-19-1-2-19/h3-8,13,17,19,23,28,31H,1-2,9-12,14-16H2. The molecule has 1 saturated carbocycles. The normalized spacial score (nSPS) is 16.9. The fraction of sp³-hybridized carbons (Fsp3) is 0.423. The predicted octanol–water partition coefficient (Wildman–Crippen LogP) is 3.89. The van der Waals surface area contributed by atoms with Crippen LogP contribution in [-0.2, 0) is 24.4 Å². The molecule has 1 aliphatic carbocycles. The van der Waals surface area contributed by atoms with Gasteiger partial charge in [0.15, 0.2) is 0 Å². The highest BCUT2D eigenvalue weighted by Crippen LogP contribution is 2.31. The molecule has 174 valence electrons. The maximum atomic E-state index is 14.4. The van der Waals surface area contributed by atoms with Gasteiger partial charge in [0, 0.05) is 37.9 Å². The van der Waals surface area contributed by atoms with Crippen molar-refractivity contribution in [3.8, 4) is 17.0 Å². The Morgan fingerprint density at radius 3 is 2.48 bits per heavy atom. The zero-order valence-corrected chi connectivity index (χ0v) is 18.7. The van der Waals surface area contributed by atoms with E-state index in [-0.39, 0.29) is 17.4 Å². The van der Waals surface area contributed by atoms with Crippen LogP contribution in [0.1, 0.15) is 36.8 Å². The highest BCUT2D eigenvalue weighted by atomic mass is 19.1. The predicted molar refractivity (Wildman–Crippen MR) is 125 cm³/mol. The lowest BCUT2D eigenvalue weighted by Gasteiger charge is -2.23. The molecule has 7 heteroatoms. The number of imidazole rings is 1. The molecule has 2 aliphatic rings. The number of ether oxygens (including phenoxy) is 1. The monoisotopic (exact) mass is 451 g/mol. The molecule has 5 rings (SSSR count). The summed E-state index contributed by atoms with van der Waals surface area (Å²) >= 11 is 0. The van der Waals surface area contributed by atoms with E-state index < -0.39 is 0 Å². The van der Waals surface area contributed by atoms with E-state index in [2.05, 4.69) is 5.32 Å². The fourth-order valence-corrected chi connectivity index (χ4v) is 4.41. The molecule has 3 aromatic rings. The maximum absolute atomic E-state index is 14.4. The van der Waals surface area contributed by atoms with Gasteiger partial charge >= 0.3 is 5.69 Å². The molecule has 2 N–H and O–H groups in total. The molecular formula is C26H30FN3O3. The van der Waals surface area contributed by atoms with Gasteiger partial charge in [0.1, 0.15) is 5.82 Å². The summed E-state index contributed by atoms with van der Waals surface area (Å²) in [4.78, 5) is 12.6. The summed E-state index contributed by atoms with van der Waals surface area (Å²) in [6.45, 7) is 2.99. The van der Waals surface area contributed by atoms with Crippen molar-refractivity contribution in [1.29, 1.82) is 0 Å². The van der Waals surface area contributed by atoms with Crippen molar-refractivity contribution in [2.24, 2.45) is 5.92 Å². The molecule has 33 heavy (non-hydrogen) atoms. The van der Waals surface area contributed by atoms with E-state index in [4.69, 9.17) is 4.74 Å². The van der Waals surface area contributed by atoms with Gasteiger partial charge < -0.3 is 15.2 Å². The first-order chi connectivity index (χ1) is 16.1. The van der Waals surface area contributed by atoms with Crippen molar-refractivity contribution < 1.29 is 14.2 Å². The topological polar surface area (TPSA) is 68.4 Å². The average Bonchev–Trinajstić information content (AvgIpc) is 3.62. The van der Waals surface area contributed by atoms with Gasteiger partial charge in [-0.1, -0.05) is 30.3 Å². The molecule has 1 saturated heterocycles. The van der Waals surface area contributed by atoms with E-state index >= 15 is 0 Å². The summed E-state index contributed by atoms with van der Waals surface area (Å²) in [5.41, 5.74) is 3.39. The molecule has 0 radical (unpaired) electrons. The number of hydrogen-bond donors (Lipinski definition) is 2. The van der Waals surface area contributed by atoms with Crippen LogP contribution in [0.25, 0.3) is 11.1 Å². The molecule has 0 amide bonds. The van der Waals surface area contributed by atoms with Crippen LogP contribution >= 0.6 is 0 Å². The smallest absolute Gasteiger partial charge is 0.331 e. The minimum absolute atomic E-state index is 0.0247. The summed E-state index contributed by atoms with van der Waals surface area (Å²) in [5, 5.41) is 13.6. The van der Waals surface area contributed by atoms with Gasteiger partial charge in [-0.3, -0.25) is 9.13 Å². The Balaban J connectivity index is 1.27. The Labute approximate surface area is 192 Å². The van der Waals surface area contributed by atoms with Crippen LogP contribution in [-0.4, -0.2) is 33.5 Å². The van der Waals surface area contributed by atoms with Crippen molar-refractivity contribution in [3.05, 3.63) is 76.1 Å². The molecule has 0 atom stereocenters. The van der Waals surface area contributed by atoms with Gasteiger partial charge in [-0.15, -0.1) is 0 Å². The summed E-state index contributed by atoms with van der Waals surface area (Å²) < 4.78 is 22.8. The third-order valence-electron chi connectivity index (χ3n) is 6.65. The van der Waals surface area contributed by atoms with Gasteiger partial charge in [-0.05, 0) is 60.4 Å². The first-order valence-corrected chi connectivity index (χ1v) is 11.7. The zero-order chi connectivity index (χ0) is 22.8. The molecular weight excluding hydrogens is 421 g/mol. The molecule has 2 heterocycles. The number of nitrogens with zero attached hydrogens (tertiary/aromatic N) is 2. The average molecular weight is 452 g/mol. The van der Waals surface area contributed by atoms with Crippen molar-refractivity contribution >= 4 is 0 Å². The summed E-state index contributed by atoms with van der Waals surface area (Å²) in [6, 6.07) is 13.5. The summed E-state index contributed by atoms with van der Waals surface area (Å²) in [6.07, 6.45) is 5.65. The van der Waals surface area contributed by atoms with E-state index in [0.29, 0.717) is 37.2 Å². The minimum atomic E-state index is -0.204. The number of aromatic hydroxyl groups is 1. The van der Waals surface area contributed by atoms with E-state index in [1.54, 1.807) is 10.6 Å². The van der Waals surface area contributed by atoms with Gasteiger partial charge in [-0.25, -0.2) is 9.18 Å².